The van der Waals surface area contributed by atoms with Crippen molar-refractivity contribution in [1.82, 2.24) is 9.88 Å². The second-order valence-electron chi connectivity index (χ2n) is 6.34. The Morgan fingerprint density at radius 1 is 1.19 bits per heavy atom. The average Bonchev–Trinajstić information content (AvgIpc) is 3.34. The fourth-order valence-corrected chi connectivity index (χ4v) is 4.48. The van der Waals surface area contributed by atoms with E-state index >= 15 is 0 Å². The van der Waals surface area contributed by atoms with Gasteiger partial charge in [-0.2, -0.15) is 0 Å². The lowest BCUT2D eigenvalue weighted by Crippen LogP contribution is -2.34. The predicted molar refractivity (Wildman–Crippen MR) is 105 cm³/mol. The number of nitrogens with one attached hydrogen (secondary N) is 1. The Labute approximate surface area is 160 Å². The highest BCUT2D eigenvalue weighted by atomic mass is 32.1. The topological polar surface area (TPSA) is 71.5 Å². The first-order valence-electron chi connectivity index (χ1n) is 8.78. The van der Waals surface area contributed by atoms with Crippen LogP contribution in [0.15, 0.2) is 48.5 Å². The predicted octanol–water partition coefficient (Wildman–Crippen LogP) is 4.45. The van der Waals surface area contributed by atoms with Crippen LogP contribution in [0.5, 0.6) is 0 Å². The average molecular weight is 381 g/mol. The van der Waals surface area contributed by atoms with Gasteiger partial charge in [-0.05, 0) is 37.1 Å². The Bertz CT molecular complexity index is 968. The van der Waals surface area contributed by atoms with Crippen LogP contribution in [0.2, 0.25) is 0 Å². The summed E-state index contributed by atoms with van der Waals surface area (Å²) in [6.07, 6.45) is 1.80. The van der Waals surface area contributed by atoms with Crippen LogP contribution in [0.4, 0.5) is 10.5 Å². The van der Waals surface area contributed by atoms with E-state index in [0.29, 0.717) is 17.8 Å². The summed E-state index contributed by atoms with van der Waals surface area (Å²) in [6.45, 7) is 0.660. The van der Waals surface area contributed by atoms with Crippen molar-refractivity contribution in [3.8, 4) is 0 Å². The van der Waals surface area contributed by atoms with Gasteiger partial charge in [-0.3, -0.25) is 0 Å². The van der Waals surface area contributed by atoms with Gasteiger partial charge in [-0.25, -0.2) is 14.6 Å². The molecule has 0 radical (unpaired) electrons. The Balaban J connectivity index is 1.57. The number of aromatic nitrogens is 1. The van der Waals surface area contributed by atoms with E-state index < -0.39 is 5.97 Å². The molecule has 0 aliphatic carbocycles. The minimum absolute atomic E-state index is 0.0484. The molecule has 0 saturated carbocycles. The molecule has 1 N–H and O–H groups in total. The second-order valence-corrected chi connectivity index (χ2v) is 7.40. The highest BCUT2D eigenvalue weighted by Gasteiger charge is 2.32. The standard InChI is InChI=1S/C20H19N3O3S/c1-26-19(24)13-7-2-3-8-14(13)22-20(25)23-12-6-10-16(23)18-21-15-9-4-5-11-17(15)27-18/h2-5,7-9,11,16H,6,10,12H2,1H3,(H,22,25). The number of rotatable bonds is 3. The summed E-state index contributed by atoms with van der Waals surface area (Å²) in [5.41, 5.74) is 1.74. The molecular formula is C20H19N3O3S. The smallest absolute Gasteiger partial charge is 0.339 e. The molecular weight excluding hydrogens is 362 g/mol. The van der Waals surface area contributed by atoms with E-state index in [1.807, 2.05) is 24.3 Å². The fourth-order valence-electron chi connectivity index (χ4n) is 3.37. The minimum Gasteiger partial charge on any atom is -0.465 e. The number of urea groups is 1. The number of benzene rings is 2. The number of carbonyl (C=O) groups excluding carboxylic acids is 2. The zero-order chi connectivity index (χ0) is 18.8. The van der Waals surface area contributed by atoms with Crippen LogP contribution < -0.4 is 5.32 Å². The number of thiazole rings is 1. The molecule has 0 bridgehead atoms. The summed E-state index contributed by atoms with van der Waals surface area (Å²) >= 11 is 1.63. The molecule has 1 unspecified atom stereocenters. The molecule has 27 heavy (non-hydrogen) atoms. The summed E-state index contributed by atoms with van der Waals surface area (Å²) in [5, 5.41) is 3.81. The zero-order valence-corrected chi connectivity index (χ0v) is 15.7. The molecule has 1 fully saturated rings. The normalized spacial score (nSPS) is 16.5. The third-order valence-electron chi connectivity index (χ3n) is 4.68. The molecule has 7 heteroatoms. The lowest BCUT2D eigenvalue weighted by atomic mass is 10.2. The van der Waals surface area contributed by atoms with Gasteiger partial charge in [0.2, 0.25) is 0 Å². The molecule has 1 aliphatic heterocycles. The number of hydrogen-bond donors (Lipinski definition) is 1. The van der Waals surface area contributed by atoms with Crippen molar-refractivity contribution in [1.29, 1.82) is 0 Å². The van der Waals surface area contributed by atoms with E-state index in [2.05, 4.69) is 5.32 Å². The number of ether oxygens (including phenoxy) is 1. The van der Waals surface area contributed by atoms with Crippen LogP contribution in [-0.2, 0) is 4.74 Å². The number of para-hydroxylation sites is 2. The van der Waals surface area contributed by atoms with E-state index in [-0.39, 0.29) is 12.1 Å². The van der Waals surface area contributed by atoms with Crippen LogP contribution in [0, 0.1) is 0 Å². The van der Waals surface area contributed by atoms with Crippen LogP contribution in [0.1, 0.15) is 34.2 Å². The molecule has 2 aromatic carbocycles. The van der Waals surface area contributed by atoms with Gasteiger partial charge in [0.25, 0.3) is 0 Å². The molecule has 4 rings (SSSR count). The van der Waals surface area contributed by atoms with Gasteiger partial charge in [-0.15, -0.1) is 11.3 Å². The Morgan fingerprint density at radius 3 is 2.78 bits per heavy atom. The van der Waals surface area contributed by atoms with Crippen molar-refractivity contribution in [3.63, 3.8) is 0 Å². The van der Waals surface area contributed by atoms with E-state index in [1.165, 1.54) is 7.11 Å². The molecule has 2 heterocycles. The number of methoxy groups -OCH3 is 1. The summed E-state index contributed by atoms with van der Waals surface area (Å²) in [5.74, 6) is -0.477. The van der Waals surface area contributed by atoms with Gasteiger partial charge in [0.05, 0.1) is 34.6 Å². The number of hydrogen-bond acceptors (Lipinski definition) is 5. The minimum atomic E-state index is -0.477. The molecule has 1 aromatic heterocycles. The summed E-state index contributed by atoms with van der Waals surface area (Å²) in [6, 6.07) is 14.6. The lowest BCUT2D eigenvalue weighted by Gasteiger charge is -2.24. The molecule has 0 spiro atoms. The maximum Gasteiger partial charge on any atom is 0.339 e. The number of esters is 1. The van der Waals surface area contributed by atoms with Crippen LogP contribution in [0.25, 0.3) is 10.2 Å². The Kier molecular flexibility index (Phi) is 4.77. The van der Waals surface area contributed by atoms with Gasteiger partial charge < -0.3 is 15.0 Å². The number of likely N-dealkylation sites (tertiary alicyclic amines) is 1. The first-order valence-corrected chi connectivity index (χ1v) is 9.59. The highest BCUT2D eigenvalue weighted by Crippen LogP contribution is 2.36. The highest BCUT2D eigenvalue weighted by molar-refractivity contribution is 7.18. The second kappa shape index (κ2) is 7.36. The SMILES string of the molecule is COC(=O)c1ccccc1NC(=O)N1CCCC1c1nc2ccccc2s1. The Hall–Kier alpha value is -2.93. The first-order chi connectivity index (χ1) is 13.2. The summed E-state index contributed by atoms with van der Waals surface area (Å²) in [4.78, 5) is 31.4. The monoisotopic (exact) mass is 381 g/mol. The van der Waals surface area contributed by atoms with Crippen molar-refractivity contribution >= 4 is 39.2 Å². The van der Waals surface area contributed by atoms with Crippen molar-refractivity contribution in [2.45, 2.75) is 18.9 Å². The maximum absolute atomic E-state index is 12.9. The van der Waals surface area contributed by atoms with E-state index in [1.54, 1.807) is 40.5 Å². The van der Waals surface area contributed by atoms with Crippen molar-refractivity contribution < 1.29 is 14.3 Å². The molecule has 2 amide bonds. The van der Waals surface area contributed by atoms with Gasteiger partial charge >= 0.3 is 12.0 Å². The van der Waals surface area contributed by atoms with Crippen LogP contribution in [0.3, 0.4) is 0 Å². The largest absolute Gasteiger partial charge is 0.465 e. The maximum atomic E-state index is 12.9. The summed E-state index contributed by atoms with van der Waals surface area (Å²) in [7, 11) is 1.32. The third-order valence-corrected chi connectivity index (χ3v) is 5.82. The number of carbonyl (C=O) groups is 2. The van der Waals surface area contributed by atoms with Crippen molar-refractivity contribution in [2.24, 2.45) is 0 Å². The molecule has 138 valence electrons. The number of fused-ring (bicyclic) bond motifs is 1. The van der Waals surface area contributed by atoms with Gasteiger partial charge in [-0.1, -0.05) is 24.3 Å². The number of anilines is 1. The first kappa shape index (κ1) is 17.5. The lowest BCUT2D eigenvalue weighted by molar-refractivity contribution is 0.0602. The van der Waals surface area contributed by atoms with Crippen molar-refractivity contribution in [3.05, 3.63) is 59.1 Å². The van der Waals surface area contributed by atoms with Gasteiger partial charge in [0.15, 0.2) is 0 Å². The fraction of sp³-hybridized carbons (Fsp3) is 0.250. The number of nitrogens with zero attached hydrogens (tertiary/aromatic N) is 2. The molecule has 1 aliphatic rings. The van der Waals surface area contributed by atoms with E-state index in [4.69, 9.17) is 9.72 Å². The van der Waals surface area contributed by atoms with E-state index in [0.717, 1.165) is 28.1 Å². The molecule has 6 nitrogen and oxygen atoms in total. The van der Waals surface area contributed by atoms with Crippen molar-refractivity contribution in [2.75, 3.05) is 19.0 Å². The molecule has 1 atom stereocenters. The van der Waals surface area contributed by atoms with Gasteiger partial charge in [0.1, 0.15) is 5.01 Å². The van der Waals surface area contributed by atoms with Crippen LogP contribution in [-0.4, -0.2) is 35.5 Å². The van der Waals surface area contributed by atoms with Crippen LogP contribution >= 0.6 is 11.3 Å². The van der Waals surface area contributed by atoms with E-state index in [9.17, 15) is 9.59 Å². The van der Waals surface area contributed by atoms with Gasteiger partial charge in [0, 0.05) is 6.54 Å². The Morgan fingerprint density at radius 2 is 1.96 bits per heavy atom. The quantitative estimate of drug-likeness (QED) is 0.680. The molecule has 3 aromatic rings. The zero-order valence-electron chi connectivity index (χ0n) is 14.8. The third kappa shape index (κ3) is 3.38. The number of amides is 2. The molecule has 1 saturated heterocycles. The summed E-state index contributed by atoms with van der Waals surface area (Å²) < 4.78 is 5.92.